The zero-order valence-electron chi connectivity index (χ0n) is 19.6. The summed E-state index contributed by atoms with van der Waals surface area (Å²) in [5.74, 6) is 0.770. The Hall–Kier alpha value is -3.05. The summed E-state index contributed by atoms with van der Waals surface area (Å²) in [5, 5.41) is 2.58. The van der Waals surface area contributed by atoms with Crippen LogP contribution in [0.4, 0.5) is 10.5 Å². The zero-order chi connectivity index (χ0) is 25.2. The van der Waals surface area contributed by atoms with E-state index in [-0.39, 0.29) is 29.3 Å². The molecule has 2 amide bonds. The van der Waals surface area contributed by atoms with Gasteiger partial charge in [0.15, 0.2) is 15.0 Å². The van der Waals surface area contributed by atoms with E-state index in [4.69, 9.17) is 9.47 Å². The molecule has 0 spiro atoms. The molecule has 0 aliphatic carbocycles. The summed E-state index contributed by atoms with van der Waals surface area (Å²) >= 11 is 1.27. The Balaban J connectivity index is 1.51. The number of hydrogen-bond donors (Lipinski definition) is 1. The number of benzene rings is 2. The van der Waals surface area contributed by atoms with Crippen molar-refractivity contribution in [2.75, 3.05) is 23.0 Å². The number of nitrogens with zero attached hydrogens (tertiary/aromatic N) is 2. The number of alkyl carbamates (subject to hydrolysis) is 1. The van der Waals surface area contributed by atoms with Crippen molar-refractivity contribution in [3.63, 3.8) is 0 Å². The van der Waals surface area contributed by atoms with Crippen LogP contribution in [0.3, 0.4) is 0 Å². The Morgan fingerprint density at radius 3 is 2.37 bits per heavy atom. The topological polar surface area (TPSA) is 114 Å². The first-order chi connectivity index (χ1) is 16.5. The van der Waals surface area contributed by atoms with Gasteiger partial charge in [-0.1, -0.05) is 30.0 Å². The quantitative estimate of drug-likeness (QED) is 0.640. The molecule has 2 aliphatic heterocycles. The molecular formula is C24H27N3O6S2. The minimum Gasteiger partial charge on any atom is -0.457 e. The molecule has 9 nitrogen and oxygen atoms in total. The summed E-state index contributed by atoms with van der Waals surface area (Å²) in [6, 6.07) is 16.2. The molecule has 2 heterocycles. The second-order valence-corrected chi connectivity index (χ2v) is 12.6. The number of sulfone groups is 1. The minimum atomic E-state index is -3.19. The van der Waals surface area contributed by atoms with Gasteiger partial charge in [0.05, 0.1) is 17.5 Å². The number of aliphatic imine (C=N–C) groups is 1. The minimum absolute atomic E-state index is 0.0176. The van der Waals surface area contributed by atoms with Crippen molar-refractivity contribution in [3.05, 3.63) is 54.6 Å². The van der Waals surface area contributed by atoms with Crippen LogP contribution in [0.15, 0.2) is 59.6 Å². The van der Waals surface area contributed by atoms with Gasteiger partial charge < -0.3 is 19.7 Å². The van der Waals surface area contributed by atoms with Crippen molar-refractivity contribution in [2.45, 2.75) is 37.7 Å². The van der Waals surface area contributed by atoms with E-state index < -0.39 is 27.4 Å². The van der Waals surface area contributed by atoms with Crippen molar-refractivity contribution >= 4 is 44.5 Å². The van der Waals surface area contributed by atoms with Gasteiger partial charge in [-0.15, -0.1) is 0 Å². The molecule has 2 aromatic carbocycles. The van der Waals surface area contributed by atoms with Crippen LogP contribution in [0.1, 0.15) is 20.8 Å². The van der Waals surface area contributed by atoms with Gasteiger partial charge in [-0.2, -0.15) is 4.99 Å². The van der Waals surface area contributed by atoms with Gasteiger partial charge in [0, 0.05) is 10.9 Å². The third-order valence-electron chi connectivity index (χ3n) is 5.16. The van der Waals surface area contributed by atoms with Crippen LogP contribution < -0.4 is 15.0 Å². The largest absolute Gasteiger partial charge is 0.457 e. The van der Waals surface area contributed by atoms with E-state index in [1.54, 1.807) is 37.8 Å². The number of carbonyl (C=O) groups excluding carboxylic acids is 2. The number of amidine groups is 1. The van der Waals surface area contributed by atoms with Crippen LogP contribution in [-0.4, -0.2) is 60.5 Å². The van der Waals surface area contributed by atoms with Gasteiger partial charge >= 0.3 is 6.09 Å². The van der Waals surface area contributed by atoms with Gasteiger partial charge in [0.1, 0.15) is 23.6 Å². The molecule has 4 rings (SSSR count). The predicted molar refractivity (Wildman–Crippen MR) is 136 cm³/mol. The van der Waals surface area contributed by atoms with Crippen molar-refractivity contribution in [1.29, 1.82) is 0 Å². The third kappa shape index (κ3) is 6.55. The third-order valence-corrected chi connectivity index (χ3v) is 8.37. The van der Waals surface area contributed by atoms with Crippen LogP contribution in [0.2, 0.25) is 0 Å². The lowest BCUT2D eigenvalue weighted by Gasteiger charge is -2.24. The van der Waals surface area contributed by atoms with E-state index in [1.165, 1.54) is 11.8 Å². The maximum Gasteiger partial charge on any atom is 0.408 e. The first-order valence-electron chi connectivity index (χ1n) is 11.1. The fourth-order valence-corrected chi connectivity index (χ4v) is 7.71. The number of fused-ring (bicyclic) bond motifs is 1. The lowest BCUT2D eigenvalue weighted by atomic mass is 10.2. The fraction of sp³-hybridized carbons (Fsp3) is 0.375. The second kappa shape index (κ2) is 9.90. The molecular weight excluding hydrogens is 490 g/mol. The number of anilines is 1. The average molecular weight is 518 g/mol. The highest BCUT2D eigenvalue weighted by atomic mass is 32.2. The summed E-state index contributed by atoms with van der Waals surface area (Å²) in [7, 11) is -3.19. The molecule has 11 heteroatoms. The Labute approximate surface area is 208 Å². The molecule has 2 aliphatic rings. The molecule has 35 heavy (non-hydrogen) atoms. The average Bonchev–Trinajstić information content (AvgIpc) is 3.23. The molecule has 186 valence electrons. The first kappa shape index (κ1) is 25.1. The number of hydrogen-bond acceptors (Lipinski definition) is 7. The van der Waals surface area contributed by atoms with Crippen LogP contribution in [-0.2, 0) is 19.4 Å². The molecule has 0 radical (unpaired) electrons. The smallest absolute Gasteiger partial charge is 0.408 e. The summed E-state index contributed by atoms with van der Waals surface area (Å²) in [6.45, 7) is 4.85. The maximum absolute atomic E-state index is 12.5. The number of ether oxygens (including phenoxy) is 2. The van der Waals surface area contributed by atoms with Gasteiger partial charge in [-0.25, -0.2) is 13.2 Å². The molecule has 2 saturated heterocycles. The summed E-state index contributed by atoms with van der Waals surface area (Å²) in [5.41, 5.74) is 0.0189. The van der Waals surface area contributed by atoms with Crippen LogP contribution in [0.5, 0.6) is 11.5 Å². The Morgan fingerprint density at radius 2 is 1.71 bits per heavy atom. The number of amides is 2. The van der Waals surface area contributed by atoms with Crippen molar-refractivity contribution in [3.8, 4) is 11.5 Å². The van der Waals surface area contributed by atoms with Gasteiger partial charge in [-0.05, 0) is 57.2 Å². The lowest BCUT2D eigenvalue weighted by molar-refractivity contribution is -0.117. The molecule has 0 aromatic heterocycles. The zero-order valence-corrected chi connectivity index (χ0v) is 21.3. The lowest BCUT2D eigenvalue weighted by Crippen LogP contribution is -2.38. The Morgan fingerprint density at radius 1 is 1.06 bits per heavy atom. The highest BCUT2D eigenvalue weighted by Gasteiger charge is 2.49. The monoisotopic (exact) mass is 517 g/mol. The molecule has 0 bridgehead atoms. The maximum atomic E-state index is 12.5. The Kier molecular flexibility index (Phi) is 7.09. The highest BCUT2D eigenvalue weighted by Crippen LogP contribution is 2.41. The molecule has 2 fully saturated rings. The van der Waals surface area contributed by atoms with E-state index in [0.717, 1.165) is 0 Å². The molecule has 0 saturated carbocycles. The Bertz CT molecular complexity index is 1220. The summed E-state index contributed by atoms with van der Waals surface area (Å²) < 4.78 is 35.5. The number of para-hydroxylation sites is 1. The summed E-state index contributed by atoms with van der Waals surface area (Å²) in [4.78, 5) is 30.3. The molecule has 0 unspecified atom stereocenters. The number of rotatable bonds is 5. The van der Waals surface area contributed by atoms with Gasteiger partial charge in [0.2, 0.25) is 0 Å². The van der Waals surface area contributed by atoms with E-state index in [2.05, 4.69) is 10.3 Å². The standard InChI is InChI=1S/C24H27N3O6S2/c1-24(2,3)33-23(29)25-13-21(28)26-22-27(19-14-35(30,31)15-20(19)34-22)16-9-11-18(12-10-16)32-17-7-5-4-6-8-17/h4-12,19-20H,13-15H2,1-3H3,(H,25,29)/t19-,20+/m1/s1. The normalized spacial score (nSPS) is 22.0. The fourth-order valence-electron chi connectivity index (χ4n) is 3.77. The van der Waals surface area contributed by atoms with Crippen molar-refractivity contribution in [1.82, 2.24) is 5.32 Å². The number of carbonyl (C=O) groups is 2. The van der Waals surface area contributed by atoms with Gasteiger partial charge in [0.25, 0.3) is 5.91 Å². The van der Waals surface area contributed by atoms with Crippen LogP contribution >= 0.6 is 11.8 Å². The van der Waals surface area contributed by atoms with E-state index >= 15 is 0 Å². The van der Waals surface area contributed by atoms with Crippen LogP contribution in [0.25, 0.3) is 0 Å². The first-order valence-corrected chi connectivity index (χ1v) is 13.8. The van der Waals surface area contributed by atoms with E-state index in [0.29, 0.717) is 22.4 Å². The van der Waals surface area contributed by atoms with Crippen LogP contribution in [0, 0.1) is 0 Å². The predicted octanol–water partition coefficient (Wildman–Crippen LogP) is 3.61. The number of thioether (sulfide) groups is 1. The highest BCUT2D eigenvalue weighted by molar-refractivity contribution is 8.16. The molecule has 2 atom stereocenters. The SMILES string of the molecule is CC(C)(C)OC(=O)NCC(=O)N=C1S[C@H]2CS(=O)(=O)C[C@H]2N1c1ccc(Oc2ccccc2)cc1. The van der Waals surface area contributed by atoms with E-state index in [9.17, 15) is 18.0 Å². The van der Waals surface area contributed by atoms with Crippen molar-refractivity contribution < 1.29 is 27.5 Å². The van der Waals surface area contributed by atoms with Crippen molar-refractivity contribution in [2.24, 2.45) is 4.99 Å². The van der Waals surface area contributed by atoms with Gasteiger partial charge in [-0.3, -0.25) is 4.79 Å². The summed E-state index contributed by atoms with van der Waals surface area (Å²) in [6.07, 6.45) is -0.709. The second-order valence-electron chi connectivity index (χ2n) is 9.22. The number of nitrogens with one attached hydrogen (secondary N) is 1. The van der Waals surface area contributed by atoms with E-state index in [1.807, 2.05) is 42.5 Å². The molecule has 1 N–H and O–H groups in total. The molecule has 2 aromatic rings.